The first kappa shape index (κ1) is 16.5. The Hall–Kier alpha value is -1.55. The molecule has 0 aliphatic rings. The zero-order valence-corrected chi connectivity index (χ0v) is 12.9. The van der Waals surface area contributed by atoms with Crippen molar-refractivity contribution in [1.82, 2.24) is 10.2 Å². The molecular weight excluding hydrogens is 252 g/mol. The van der Waals surface area contributed by atoms with E-state index in [1.54, 1.807) is 12.1 Å². The molecule has 0 bridgehead atoms. The molecule has 0 aliphatic carbocycles. The van der Waals surface area contributed by atoms with E-state index in [9.17, 15) is 9.90 Å². The zero-order valence-electron chi connectivity index (χ0n) is 12.9. The molecule has 4 nitrogen and oxygen atoms in total. The number of amides is 1. The fraction of sp³-hybridized carbons (Fsp3) is 0.562. The third kappa shape index (κ3) is 6.06. The van der Waals surface area contributed by atoms with Crippen molar-refractivity contribution < 1.29 is 9.90 Å². The largest absolute Gasteiger partial charge is 0.508 e. The molecule has 1 atom stereocenters. The fourth-order valence-electron chi connectivity index (χ4n) is 1.89. The molecule has 1 unspecified atom stereocenters. The topological polar surface area (TPSA) is 52.6 Å². The van der Waals surface area contributed by atoms with E-state index in [0.29, 0.717) is 12.5 Å². The van der Waals surface area contributed by atoms with Crippen LogP contribution in [0.15, 0.2) is 24.3 Å². The summed E-state index contributed by atoms with van der Waals surface area (Å²) in [6.07, 6.45) is 0.855. The Morgan fingerprint density at radius 3 is 2.40 bits per heavy atom. The normalized spacial score (nSPS) is 12.7. The van der Waals surface area contributed by atoms with Crippen molar-refractivity contribution in [3.8, 4) is 5.75 Å². The van der Waals surface area contributed by atoms with Crippen LogP contribution in [0.2, 0.25) is 0 Å². The highest BCUT2D eigenvalue weighted by Gasteiger charge is 2.13. The van der Waals surface area contributed by atoms with Gasteiger partial charge in [0.25, 0.3) is 0 Å². The van der Waals surface area contributed by atoms with Crippen LogP contribution in [0.25, 0.3) is 0 Å². The molecule has 0 fully saturated rings. The van der Waals surface area contributed by atoms with Gasteiger partial charge in [-0.05, 0) is 44.0 Å². The maximum Gasteiger partial charge on any atom is 0.234 e. The van der Waals surface area contributed by atoms with Gasteiger partial charge in [0.15, 0.2) is 0 Å². The molecule has 1 aromatic carbocycles. The van der Waals surface area contributed by atoms with Gasteiger partial charge in [-0.3, -0.25) is 9.69 Å². The van der Waals surface area contributed by atoms with Gasteiger partial charge in [-0.25, -0.2) is 0 Å². The Kier molecular flexibility index (Phi) is 6.52. The first-order chi connectivity index (χ1) is 9.38. The maximum absolute atomic E-state index is 11.8. The first-order valence-corrected chi connectivity index (χ1v) is 7.13. The summed E-state index contributed by atoms with van der Waals surface area (Å²) < 4.78 is 0. The van der Waals surface area contributed by atoms with Crippen LogP contribution in [0, 0.1) is 5.92 Å². The predicted octanol–water partition coefficient (Wildman–Crippen LogP) is 2.03. The second kappa shape index (κ2) is 7.90. The second-order valence-corrected chi connectivity index (χ2v) is 5.83. The van der Waals surface area contributed by atoms with Gasteiger partial charge >= 0.3 is 0 Å². The van der Waals surface area contributed by atoms with E-state index in [1.807, 2.05) is 24.1 Å². The molecule has 0 heterocycles. The fourth-order valence-corrected chi connectivity index (χ4v) is 1.89. The highest BCUT2D eigenvalue weighted by Crippen LogP contribution is 2.12. The number of benzene rings is 1. The minimum atomic E-state index is 0.0683. The van der Waals surface area contributed by atoms with E-state index in [2.05, 4.69) is 26.1 Å². The molecule has 112 valence electrons. The van der Waals surface area contributed by atoms with Gasteiger partial charge in [-0.15, -0.1) is 0 Å². The van der Waals surface area contributed by atoms with Crippen LogP contribution in [0.3, 0.4) is 0 Å². The van der Waals surface area contributed by atoms with Crippen molar-refractivity contribution in [2.75, 3.05) is 20.1 Å². The number of likely N-dealkylation sites (N-methyl/N-ethyl adjacent to an activating group) is 1. The van der Waals surface area contributed by atoms with E-state index in [-0.39, 0.29) is 17.7 Å². The van der Waals surface area contributed by atoms with E-state index >= 15 is 0 Å². The number of nitrogens with one attached hydrogen (secondary N) is 1. The lowest BCUT2D eigenvalue weighted by Crippen LogP contribution is -2.41. The molecule has 0 saturated heterocycles. The van der Waals surface area contributed by atoms with Gasteiger partial charge < -0.3 is 10.4 Å². The first-order valence-electron chi connectivity index (χ1n) is 7.13. The quantitative estimate of drug-likeness (QED) is 0.802. The molecule has 1 amide bonds. The monoisotopic (exact) mass is 278 g/mol. The third-order valence-corrected chi connectivity index (χ3v) is 3.32. The summed E-state index contributed by atoms with van der Waals surface area (Å²) in [5, 5.41) is 12.2. The Bertz CT molecular complexity index is 415. The van der Waals surface area contributed by atoms with Gasteiger partial charge in [0.05, 0.1) is 6.54 Å². The Morgan fingerprint density at radius 1 is 1.25 bits per heavy atom. The summed E-state index contributed by atoms with van der Waals surface area (Å²) >= 11 is 0. The summed E-state index contributed by atoms with van der Waals surface area (Å²) in [6.45, 7) is 7.39. The second-order valence-electron chi connectivity index (χ2n) is 5.83. The summed E-state index contributed by atoms with van der Waals surface area (Å²) in [5.74, 6) is 0.820. The molecule has 0 spiro atoms. The minimum absolute atomic E-state index is 0.0683. The van der Waals surface area contributed by atoms with Crippen LogP contribution in [-0.4, -0.2) is 42.1 Å². The molecule has 0 saturated carbocycles. The number of hydrogen-bond acceptors (Lipinski definition) is 3. The number of aromatic hydroxyl groups is 1. The molecule has 2 N–H and O–H groups in total. The average Bonchev–Trinajstić information content (AvgIpc) is 2.39. The van der Waals surface area contributed by atoms with Crippen molar-refractivity contribution in [2.45, 2.75) is 33.2 Å². The van der Waals surface area contributed by atoms with Crippen LogP contribution in [0.5, 0.6) is 5.75 Å². The van der Waals surface area contributed by atoms with Crippen LogP contribution in [0.1, 0.15) is 26.3 Å². The molecule has 4 heteroatoms. The molecule has 1 aromatic rings. The average molecular weight is 278 g/mol. The molecule has 0 aromatic heterocycles. The van der Waals surface area contributed by atoms with Crippen LogP contribution in [-0.2, 0) is 11.2 Å². The summed E-state index contributed by atoms with van der Waals surface area (Å²) in [6, 6.07) is 7.48. The summed E-state index contributed by atoms with van der Waals surface area (Å²) in [5.41, 5.74) is 1.16. The third-order valence-electron chi connectivity index (χ3n) is 3.32. The molecule has 1 rings (SSSR count). The lowest BCUT2D eigenvalue weighted by molar-refractivity contribution is -0.122. The standard InChI is InChI=1S/C16H26N2O2/c1-12(2)10-17-16(20)11-18(4)13(3)9-14-5-7-15(19)8-6-14/h5-8,12-13,19H,9-11H2,1-4H3,(H,17,20). The predicted molar refractivity (Wildman–Crippen MR) is 81.8 cm³/mol. The molecule has 20 heavy (non-hydrogen) atoms. The van der Waals surface area contributed by atoms with Crippen molar-refractivity contribution >= 4 is 5.91 Å². The number of carbonyl (C=O) groups excluding carboxylic acids is 1. The molecule has 0 aliphatic heterocycles. The number of phenolic OH excluding ortho intramolecular Hbond substituents is 1. The number of rotatable bonds is 7. The van der Waals surface area contributed by atoms with Crippen LogP contribution < -0.4 is 5.32 Å². The van der Waals surface area contributed by atoms with Gasteiger partial charge in [0, 0.05) is 12.6 Å². The number of carbonyl (C=O) groups is 1. The maximum atomic E-state index is 11.8. The Labute approximate surface area is 121 Å². The Morgan fingerprint density at radius 2 is 1.85 bits per heavy atom. The van der Waals surface area contributed by atoms with Crippen molar-refractivity contribution in [1.29, 1.82) is 0 Å². The van der Waals surface area contributed by atoms with Gasteiger partial charge in [-0.2, -0.15) is 0 Å². The smallest absolute Gasteiger partial charge is 0.234 e. The highest BCUT2D eigenvalue weighted by atomic mass is 16.3. The number of nitrogens with zero attached hydrogens (tertiary/aromatic N) is 1. The van der Waals surface area contributed by atoms with Crippen molar-refractivity contribution in [3.05, 3.63) is 29.8 Å². The van der Waals surface area contributed by atoms with E-state index in [0.717, 1.165) is 18.5 Å². The lowest BCUT2D eigenvalue weighted by atomic mass is 10.1. The van der Waals surface area contributed by atoms with Crippen molar-refractivity contribution in [3.63, 3.8) is 0 Å². The number of hydrogen-bond donors (Lipinski definition) is 2. The van der Waals surface area contributed by atoms with E-state index in [1.165, 1.54) is 0 Å². The summed E-state index contributed by atoms with van der Waals surface area (Å²) in [7, 11) is 1.96. The van der Waals surface area contributed by atoms with Crippen LogP contribution in [0.4, 0.5) is 0 Å². The zero-order chi connectivity index (χ0) is 15.1. The summed E-state index contributed by atoms with van der Waals surface area (Å²) in [4.78, 5) is 13.8. The van der Waals surface area contributed by atoms with Gasteiger partial charge in [-0.1, -0.05) is 26.0 Å². The van der Waals surface area contributed by atoms with Crippen molar-refractivity contribution in [2.24, 2.45) is 5.92 Å². The van der Waals surface area contributed by atoms with Gasteiger partial charge in [0.1, 0.15) is 5.75 Å². The molecule has 0 radical (unpaired) electrons. The Balaban J connectivity index is 2.40. The SMILES string of the molecule is CC(C)CNC(=O)CN(C)C(C)Cc1ccc(O)cc1. The minimum Gasteiger partial charge on any atom is -0.508 e. The molecular formula is C16H26N2O2. The lowest BCUT2D eigenvalue weighted by Gasteiger charge is -2.24. The van der Waals surface area contributed by atoms with Gasteiger partial charge in [0.2, 0.25) is 5.91 Å². The van der Waals surface area contributed by atoms with E-state index in [4.69, 9.17) is 0 Å². The highest BCUT2D eigenvalue weighted by molar-refractivity contribution is 5.78. The van der Waals surface area contributed by atoms with Crippen LogP contribution >= 0.6 is 0 Å². The van der Waals surface area contributed by atoms with E-state index < -0.39 is 0 Å². The number of phenols is 1.